The highest BCUT2D eigenvalue weighted by Crippen LogP contribution is 2.26. The van der Waals surface area contributed by atoms with Crippen LogP contribution in [0.15, 0.2) is 48.6 Å². The predicted molar refractivity (Wildman–Crippen MR) is 130 cm³/mol. The zero-order chi connectivity index (χ0) is 20.6. The largest absolute Gasteiger partial charge is 0.388 e. The van der Waals surface area contributed by atoms with Crippen molar-refractivity contribution >= 4 is 24.6 Å². The molecule has 3 heteroatoms. The predicted octanol–water partition coefficient (Wildman–Crippen LogP) is 4.81. The van der Waals surface area contributed by atoms with Crippen LogP contribution in [0.25, 0.3) is 23.3 Å². The van der Waals surface area contributed by atoms with Crippen LogP contribution in [0.4, 0.5) is 0 Å². The van der Waals surface area contributed by atoms with Gasteiger partial charge in [-0.3, -0.25) is 0 Å². The summed E-state index contributed by atoms with van der Waals surface area (Å²) in [6.07, 6.45) is 12.7. The van der Waals surface area contributed by atoms with Crippen molar-refractivity contribution < 1.29 is 5.11 Å². The average molecular weight is 424 g/mol. The Hall–Kier alpha value is -1.87. The molecule has 2 aromatic rings. The number of halogens is 1. The smallest absolute Gasteiger partial charge is 0.0798 e. The highest BCUT2D eigenvalue weighted by molar-refractivity contribution is 5.85. The molecule has 5 rings (SSSR count). The Morgan fingerprint density at radius 3 is 2.40 bits per heavy atom. The molecule has 3 aliphatic rings. The first kappa shape index (κ1) is 22.8. The number of benzene rings is 2. The number of hydrogen-bond donors (Lipinski definition) is 2. The van der Waals surface area contributed by atoms with Crippen molar-refractivity contribution in [2.45, 2.75) is 70.6 Å². The summed E-state index contributed by atoms with van der Waals surface area (Å²) in [7, 11) is 0. The quantitative estimate of drug-likeness (QED) is 0.596. The minimum absolute atomic E-state index is 0. The second kappa shape index (κ2) is 8.70. The highest BCUT2D eigenvalue weighted by Gasteiger charge is 2.27. The van der Waals surface area contributed by atoms with Gasteiger partial charge in [0.05, 0.1) is 6.10 Å². The van der Waals surface area contributed by atoms with Gasteiger partial charge in [-0.2, -0.15) is 0 Å². The third-order valence-electron chi connectivity index (χ3n) is 6.13. The van der Waals surface area contributed by atoms with E-state index in [0.29, 0.717) is 0 Å². The van der Waals surface area contributed by atoms with E-state index in [1.165, 1.54) is 27.1 Å². The zero-order valence-electron chi connectivity index (χ0n) is 18.5. The van der Waals surface area contributed by atoms with Crippen molar-refractivity contribution in [3.05, 3.63) is 70.1 Å². The lowest BCUT2D eigenvalue weighted by Gasteiger charge is -2.38. The molecule has 0 amide bonds. The molecule has 2 N–H and O–H groups in total. The second-order valence-corrected chi connectivity index (χ2v) is 9.73. The maximum atomic E-state index is 10.1. The first-order valence-electron chi connectivity index (χ1n) is 10.8. The van der Waals surface area contributed by atoms with Gasteiger partial charge in [0.1, 0.15) is 0 Å². The van der Waals surface area contributed by atoms with E-state index in [1.54, 1.807) is 0 Å². The van der Waals surface area contributed by atoms with Crippen LogP contribution in [0.5, 0.6) is 0 Å². The molecule has 2 aliphatic carbocycles. The van der Waals surface area contributed by atoms with Gasteiger partial charge in [0.25, 0.3) is 0 Å². The minimum atomic E-state index is -0.295. The lowest BCUT2D eigenvalue weighted by Crippen LogP contribution is -2.52. The lowest BCUT2D eigenvalue weighted by atomic mass is 9.86. The Balaban J connectivity index is 0.000000200. The Labute approximate surface area is 186 Å². The Morgan fingerprint density at radius 1 is 0.933 bits per heavy atom. The molecule has 1 heterocycles. The molecule has 160 valence electrons. The summed E-state index contributed by atoms with van der Waals surface area (Å²) in [6, 6.07) is 12.9. The van der Waals surface area contributed by atoms with Crippen molar-refractivity contribution in [2.24, 2.45) is 0 Å². The van der Waals surface area contributed by atoms with E-state index in [0.717, 1.165) is 31.2 Å². The van der Waals surface area contributed by atoms with E-state index < -0.39 is 0 Å². The second-order valence-electron chi connectivity index (χ2n) is 9.73. The molecule has 1 aliphatic heterocycles. The molecule has 2 aromatic carbocycles. The van der Waals surface area contributed by atoms with Gasteiger partial charge in [0.15, 0.2) is 0 Å². The minimum Gasteiger partial charge on any atom is -0.388 e. The van der Waals surface area contributed by atoms with Crippen molar-refractivity contribution in [2.75, 3.05) is 0 Å². The van der Waals surface area contributed by atoms with Crippen LogP contribution in [0.2, 0.25) is 0 Å². The maximum absolute atomic E-state index is 10.1. The van der Waals surface area contributed by atoms with Gasteiger partial charge < -0.3 is 10.4 Å². The summed E-state index contributed by atoms with van der Waals surface area (Å²) in [4.78, 5) is 0. The third-order valence-corrected chi connectivity index (χ3v) is 6.13. The maximum Gasteiger partial charge on any atom is 0.0798 e. The van der Waals surface area contributed by atoms with Crippen LogP contribution < -0.4 is 15.8 Å². The number of rotatable bonds is 0. The molecule has 30 heavy (non-hydrogen) atoms. The van der Waals surface area contributed by atoms with Crippen LogP contribution in [0, 0.1) is 0 Å². The zero-order valence-corrected chi connectivity index (χ0v) is 19.4. The number of nitrogens with one attached hydrogen (secondary N) is 1. The first-order valence-corrected chi connectivity index (χ1v) is 10.8. The molecule has 1 unspecified atom stereocenters. The molecule has 0 saturated heterocycles. The summed E-state index contributed by atoms with van der Waals surface area (Å²) >= 11 is 0. The number of aliphatic hydroxyl groups excluding tert-OH is 1. The third kappa shape index (κ3) is 4.72. The van der Waals surface area contributed by atoms with Gasteiger partial charge in [-0.05, 0) is 86.1 Å². The summed E-state index contributed by atoms with van der Waals surface area (Å²) in [5.41, 5.74) is 5.61. The van der Waals surface area contributed by atoms with Gasteiger partial charge >= 0.3 is 0 Å². The van der Waals surface area contributed by atoms with Crippen LogP contribution in [-0.4, -0.2) is 16.2 Å². The molecule has 2 nitrogen and oxygen atoms in total. The van der Waals surface area contributed by atoms with Gasteiger partial charge in [0.2, 0.25) is 0 Å². The van der Waals surface area contributed by atoms with Gasteiger partial charge in [-0.15, -0.1) is 12.4 Å². The average Bonchev–Trinajstić information content (AvgIpc) is 2.66. The van der Waals surface area contributed by atoms with E-state index in [1.807, 2.05) is 0 Å². The first-order chi connectivity index (χ1) is 13.8. The van der Waals surface area contributed by atoms with Crippen molar-refractivity contribution in [3.63, 3.8) is 0 Å². The summed E-state index contributed by atoms with van der Waals surface area (Å²) in [6.45, 7) is 8.87. The SMILES string of the molecule is CC1(C)C=CCC(C)(C)N1.Cl.OC1CCC=c2c1ccc1c2=CCc2ccccc2-1. The fourth-order valence-corrected chi connectivity index (χ4v) is 4.95. The highest BCUT2D eigenvalue weighted by atomic mass is 35.5. The number of hydrogen-bond acceptors (Lipinski definition) is 2. The molecular weight excluding hydrogens is 390 g/mol. The van der Waals surface area contributed by atoms with Crippen LogP contribution in [-0.2, 0) is 6.42 Å². The van der Waals surface area contributed by atoms with Crippen molar-refractivity contribution in [1.82, 2.24) is 5.32 Å². The molecule has 0 bridgehead atoms. The molecule has 1 atom stereocenters. The van der Waals surface area contributed by atoms with E-state index in [2.05, 4.69) is 93.7 Å². The fraction of sp³-hybridized carbons (Fsp3) is 0.407. The van der Waals surface area contributed by atoms with Gasteiger partial charge in [0, 0.05) is 11.1 Å². The van der Waals surface area contributed by atoms with E-state index in [9.17, 15) is 5.11 Å². The molecule has 0 fully saturated rings. The fourth-order valence-electron chi connectivity index (χ4n) is 4.95. The van der Waals surface area contributed by atoms with Crippen molar-refractivity contribution in [3.8, 4) is 11.1 Å². The summed E-state index contributed by atoms with van der Waals surface area (Å²) in [5.74, 6) is 0. The molecular formula is C27H34ClNO. The Bertz CT molecular complexity index is 1060. The Kier molecular flexibility index (Phi) is 6.62. The Morgan fingerprint density at radius 2 is 1.70 bits per heavy atom. The molecule has 0 saturated carbocycles. The van der Waals surface area contributed by atoms with Crippen LogP contribution in [0.3, 0.4) is 0 Å². The number of fused-ring (bicyclic) bond motifs is 5. The van der Waals surface area contributed by atoms with Crippen LogP contribution in [0.1, 0.15) is 64.2 Å². The van der Waals surface area contributed by atoms with Crippen molar-refractivity contribution in [1.29, 1.82) is 0 Å². The molecule has 0 radical (unpaired) electrons. The lowest BCUT2D eigenvalue weighted by molar-refractivity contribution is 0.166. The van der Waals surface area contributed by atoms with E-state index in [4.69, 9.17) is 0 Å². The molecule has 0 aromatic heterocycles. The summed E-state index contributed by atoms with van der Waals surface area (Å²) in [5, 5.41) is 16.2. The van der Waals surface area contributed by atoms with Gasteiger partial charge in [-0.25, -0.2) is 0 Å². The van der Waals surface area contributed by atoms with E-state index >= 15 is 0 Å². The monoisotopic (exact) mass is 423 g/mol. The van der Waals surface area contributed by atoms with Gasteiger partial charge in [-0.1, -0.05) is 60.7 Å². The standard InChI is InChI=1S/C18H16O.C9H17N.ClH/c19-18-7-3-6-14-16-9-8-12-4-1-2-5-13(12)15(16)10-11-17(14)18;1-8(2)6-5-7-9(3,4)10-8;/h1-2,4-6,9-11,18-19H,3,7-8H2;5-6,10H,7H2,1-4H3;1H. The normalized spacial score (nSPS) is 21.8. The van der Waals surface area contributed by atoms with E-state index in [-0.39, 0.29) is 29.6 Å². The molecule has 0 spiro atoms. The topological polar surface area (TPSA) is 32.3 Å². The summed E-state index contributed by atoms with van der Waals surface area (Å²) < 4.78 is 0. The number of aliphatic hydroxyl groups is 1. The van der Waals surface area contributed by atoms with Crippen LogP contribution >= 0.6 is 12.4 Å².